The van der Waals surface area contributed by atoms with Gasteiger partial charge >= 0.3 is 0 Å². The van der Waals surface area contributed by atoms with Gasteiger partial charge < -0.3 is 0 Å². The summed E-state index contributed by atoms with van der Waals surface area (Å²) in [5.74, 6) is 0. The van der Waals surface area contributed by atoms with E-state index in [0.717, 1.165) is 6.54 Å². The summed E-state index contributed by atoms with van der Waals surface area (Å²) < 4.78 is 0. The van der Waals surface area contributed by atoms with Crippen molar-refractivity contribution in [1.82, 2.24) is 0 Å². The van der Waals surface area contributed by atoms with E-state index < -0.39 is 8.07 Å². The van der Waals surface area contributed by atoms with Crippen LogP contribution in [0.3, 0.4) is 0 Å². The van der Waals surface area contributed by atoms with Gasteiger partial charge in [0.15, 0.2) is 0 Å². The first-order valence-corrected chi connectivity index (χ1v) is 10.6. The van der Waals surface area contributed by atoms with E-state index in [-0.39, 0.29) is 0 Å². The van der Waals surface area contributed by atoms with Gasteiger partial charge in [-0.2, -0.15) is 0 Å². The van der Waals surface area contributed by atoms with E-state index in [1.165, 1.54) is 50.6 Å². The van der Waals surface area contributed by atoms with E-state index in [2.05, 4.69) is 43.9 Å². The largest absolute Gasteiger partial charge is 0.298 e. The molecular formula is C15H31NSi. The Labute approximate surface area is 109 Å². The van der Waals surface area contributed by atoms with Crippen molar-refractivity contribution < 1.29 is 0 Å². The summed E-state index contributed by atoms with van der Waals surface area (Å²) in [6, 6.07) is 2.58. The highest BCUT2D eigenvalue weighted by Crippen LogP contribution is 2.16. The summed E-state index contributed by atoms with van der Waals surface area (Å²) in [6.07, 6.45) is 12.1. The van der Waals surface area contributed by atoms with Crippen LogP contribution in [-0.2, 0) is 0 Å². The summed E-state index contributed by atoms with van der Waals surface area (Å²) >= 11 is 0. The molecule has 0 aromatic heterocycles. The maximum Gasteiger partial charge on any atom is 0.0514 e. The molecule has 1 nitrogen and oxygen atoms in total. The molecule has 0 N–H and O–H groups in total. The van der Waals surface area contributed by atoms with Crippen molar-refractivity contribution in [3.05, 3.63) is 12.7 Å². The smallest absolute Gasteiger partial charge is 0.0514 e. The molecule has 17 heavy (non-hydrogen) atoms. The molecule has 0 unspecified atom stereocenters. The lowest BCUT2D eigenvalue weighted by Gasteiger charge is -2.18. The SMILES string of the molecule is C=CC[Si](C)(C)CCC=NCCCCCCC. The quantitative estimate of drug-likeness (QED) is 0.205. The van der Waals surface area contributed by atoms with Crippen molar-refractivity contribution in [2.75, 3.05) is 6.54 Å². The number of unbranched alkanes of at least 4 members (excludes halogenated alkanes) is 4. The highest BCUT2D eigenvalue weighted by molar-refractivity contribution is 6.77. The fraction of sp³-hybridized carbons (Fsp3) is 0.800. The number of rotatable bonds is 11. The van der Waals surface area contributed by atoms with E-state index in [9.17, 15) is 0 Å². The Morgan fingerprint density at radius 3 is 2.47 bits per heavy atom. The minimum atomic E-state index is -0.999. The van der Waals surface area contributed by atoms with Crippen LogP contribution >= 0.6 is 0 Å². The van der Waals surface area contributed by atoms with Gasteiger partial charge in [0.05, 0.1) is 8.07 Å². The lowest BCUT2D eigenvalue weighted by atomic mass is 10.2. The monoisotopic (exact) mass is 253 g/mol. The minimum Gasteiger partial charge on any atom is -0.298 e. The van der Waals surface area contributed by atoms with E-state index >= 15 is 0 Å². The number of hydrogen-bond acceptors (Lipinski definition) is 1. The molecule has 2 heteroatoms. The van der Waals surface area contributed by atoms with Crippen LogP contribution in [0.15, 0.2) is 17.6 Å². The molecule has 0 saturated heterocycles. The van der Waals surface area contributed by atoms with Gasteiger partial charge in [-0.3, -0.25) is 4.99 Å². The second-order valence-electron chi connectivity index (χ2n) is 5.70. The summed E-state index contributed by atoms with van der Waals surface area (Å²) in [5.41, 5.74) is 0. The Kier molecular flexibility index (Phi) is 10.5. The van der Waals surface area contributed by atoms with Crippen molar-refractivity contribution in [1.29, 1.82) is 0 Å². The Bertz CT molecular complexity index is 209. The molecule has 0 heterocycles. The van der Waals surface area contributed by atoms with Crippen LogP contribution in [0.1, 0.15) is 45.4 Å². The second kappa shape index (κ2) is 10.8. The van der Waals surface area contributed by atoms with Crippen LogP contribution in [0.25, 0.3) is 0 Å². The van der Waals surface area contributed by atoms with Crippen molar-refractivity contribution >= 4 is 14.3 Å². The predicted octanol–water partition coefficient (Wildman–Crippen LogP) is 5.31. The number of nitrogens with zero attached hydrogens (tertiary/aromatic N) is 1. The van der Waals surface area contributed by atoms with Gasteiger partial charge in [-0.15, -0.1) is 6.58 Å². The van der Waals surface area contributed by atoms with Crippen LogP contribution < -0.4 is 0 Å². The van der Waals surface area contributed by atoms with Gasteiger partial charge in [-0.1, -0.05) is 57.8 Å². The molecule has 0 spiro atoms. The van der Waals surface area contributed by atoms with Crippen molar-refractivity contribution in [3.8, 4) is 0 Å². The Morgan fingerprint density at radius 2 is 1.82 bits per heavy atom. The molecule has 0 aliphatic carbocycles. The summed E-state index contributed by atoms with van der Waals surface area (Å²) in [6.45, 7) is 12.0. The molecule has 0 fully saturated rings. The molecule has 0 atom stereocenters. The highest BCUT2D eigenvalue weighted by atomic mass is 28.3. The molecule has 0 saturated carbocycles. The zero-order valence-corrected chi connectivity index (χ0v) is 13.2. The predicted molar refractivity (Wildman–Crippen MR) is 84.0 cm³/mol. The van der Waals surface area contributed by atoms with Gasteiger partial charge in [0.2, 0.25) is 0 Å². The third-order valence-electron chi connectivity index (χ3n) is 3.17. The van der Waals surface area contributed by atoms with E-state index in [4.69, 9.17) is 0 Å². The summed E-state index contributed by atoms with van der Waals surface area (Å²) in [7, 11) is -0.999. The van der Waals surface area contributed by atoms with Crippen molar-refractivity contribution in [2.24, 2.45) is 4.99 Å². The topological polar surface area (TPSA) is 12.4 Å². The van der Waals surface area contributed by atoms with Crippen LogP contribution in [-0.4, -0.2) is 20.8 Å². The van der Waals surface area contributed by atoms with Crippen molar-refractivity contribution in [3.63, 3.8) is 0 Å². The third-order valence-corrected chi connectivity index (χ3v) is 6.20. The average molecular weight is 254 g/mol. The standard InChI is InChI=1S/C15H31NSi/c1-5-7-8-9-10-12-16-13-11-15-17(3,4)14-6-2/h6,13H,2,5,7-12,14-15H2,1,3-4H3. The third kappa shape index (κ3) is 11.9. The lowest BCUT2D eigenvalue weighted by molar-refractivity contribution is 0.639. The van der Waals surface area contributed by atoms with Gasteiger partial charge in [0, 0.05) is 6.54 Å². The van der Waals surface area contributed by atoms with Crippen LogP contribution in [0.2, 0.25) is 25.2 Å². The maximum atomic E-state index is 4.50. The van der Waals surface area contributed by atoms with E-state index in [1.807, 2.05) is 0 Å². The Balaban J connectivity index is 3.39. The number of allylic oxidation sites excluding steroid dienone is 1. The molecule has 0 radical (unpaired) electrons. The van der Waals surface area contributed by atoms with Gasteiger partial charge in [0.25, 0.3) is 0 Å². The molecule has 0 aliphatic rings. The first-order chi connectivity index (χ1) is 8.12. The Hall–Kier alpha value is -0.373. The van der Waals surface area contributed by atoms with Crippen LogP contribution in [0, 0.1) is 0 Å². The molecule has 0 bridgehead atoms. The van der Waals surface area contributed by atoms with E-state index in [0.29, 0.717) is 0 Å². The second-order valence-corrected chi connectivity index (χ2v) is 10.9. The number of hydrogen-bond donors (Lipinski definition) is 0. The first kappa shape index (κ1) is 16.6. The van der Waals surface area contributed by atoms with Gasteiger partial charge in [-0.25, -0.2) is 0 Å². The first-order valence-electron chi connectivity index (χ1n) is 7.21. The van der Waals surface area contributed by atoms with E-state index in [1.54, 1.807) is 0 Å². The molecule has 0 aromatic carbocycles. The van der Waals surface area contributed by atoms with Crippen molar-refractivity contribution in [2.45, 2.75) is 70.6 Å². The molecular weight excluding hydrogens is 222 g/mol. The fourth-order valence-corrected chi connectivity index (χ4v) is 3.83. The Morgan fingerprint density at radius 1 is 1.12 bits per heavy atom. The highest BCUT2D eigenvalue weighted by Gasteiger charge is 2.16. The maximum absolute atomic E-state index is 4.50. The summed E-state index contributed by atoms with van der Waals surface area (Å²) in [5, 5.41) is 0. The number of aliphatic imine (C=N–C) groups is 1. The van der Waals surface area contributed by atoms with Crippen LogP contribution in [0.5, 0.6) is 0 Å². The minimum absolute atomic E-state index is 0.999. The molecule has 0 aromatic rings. The molecule has 0 rings (SSSR count). The normalized spacial score (nSPS) is 12.2. The zero-order chi connectivity index (χ0) is 13.0. The molecule has 100 valence electrons. The zero-order valence-electron chi connectivity index (χ0n) is 12.2. The van der Waals surface area contributed by atoms with Crippen LogP contribution in [0.4, 0.5) is 0 Å². The van der Waals surface area contributed by atoms with Gasteiger partial charge in [0.1, 0.15) is 0 Å². The molecule has 0 aliphatic heterocycles. The molecule has 0 amide bonds. The average Bonchev–Trinajstić information content (AvgIpc) is 2.27. The fourth-order valence-electron chi connectivity index (χ4n) is 1.94. The lowest BCUT2D eigenvalue weighted by Crippen LogP contribution is -2.23. The summed E-state index contributed by atoms with van der Waals surface area (Å²) in [4.78, 5) is 4.50. The van der Waals surface area contributed by atoms with Gasteiger partial charge in [-0.05, 0) is 25.1 Å².